The second-order valence-corrected chi connectivity index (χ2v) is 6.66. The Labute approximate surface area is 151 Å². The lowest BCUT2D eigenvalue weighted by molar-refractivity contribution is -0.135. The topological polar surface area (TPSA) is 52.7 Å². The van der Waals surface area contributed by atoms with E-state index in [1.807, 2.05) is 35.2 Å². The lowest BCUT2D eigenvalue weighted by Gasteiger charge is -2.38. The van der Waals surface area contributed by atoms with E-state index in [-0.39, 0.29) is 24.1 Å². The summed E-state index contributed by atoms with van der Waals surface area (Å²) >= 11 is 0. The third kappa shape index (κ3) is 3.03. The number of piperazine rings is 1. The third-order valence-corrected chi connectivity index (χ3v) is 5.08. The number of amides is 2. The highest BCUT2D eigenvalue weighted by molar-refractivity contribution is 6.01. The Kier molecular flexibility index (Phi) is 4.32. The van der Waals surface area contributed by atoms with Gasteiger partial charge >= 0.3 is 0 Å². The number of nitrogens with one attached hydrogen (secondary N) is 1. The summed E-state index contributed by atoms with van der Waals surface area (Å²) < 4.78 is 14.0. The Bertz CT molecular complexity index is 846. The molecule has 0 radical (unpaired) electrons. The molecule has 6 heteroatoms. The van der Waals surface area contributed by atoms with Gasteiger partial charge in [0.1, 0.15) is 5.82 Å². The maximum absolute atomic E-state index is 14.0. The van der Waals surface area contributed by atoms with Gasteiger partial charge in [0.2, 0.25) is 11.8 Å². The number of anilines is 2. The molecule has 1 atom stereocenters. The summed E-state index contributed by atoms with van der Waals surface area (Å²) in [6.07, 6.45) is 0.170. The van der Waals surface area contributed by atoms with E-state index >= 15 is 0 Å². The molecule has 2 aliphatic rings. The van der Waals surface area contributed by atoms with E-state index in [2.05, 4.69) is 5.32 Å². The molecule has 0 bridgehead atoms. The van der Waals surface area contributed by atoms with E-state index in [1.165, 1.54) is 6.07 Å². The molecule has 2 heterocycles. The highest BCUT2D eigenvalue weighted by atomic mass is 19.1. The van der Waals surface area contributed by atoms with Gasteiger partial charge in [0.15, 0.2) is 0 Å². The molecule has 5 nitrogen and oxygen atoms in total. The number of para-hydroxylation sites is 2. The van der Waals surface area contributed by atoms with Crippen molar-refractivity contribution in [1.29, 1.82) is 0 Å². The van der Waals surface area contributed by atoms with Crippen LogP contribution in [0.1, 0.15) is 17.9 Å². The number of rotatable bonds is 2. The molecule has 4 rings (SSSR count). The summed E-state index contributed by atoms with van der Waals surface area (Å²) in [6, 6.07) is 14.1. The molecule has 1 fully saturated rings. The van der Waals surface area contributed by atoms with Crippen LogP contribution in [0.5, 0.6) is 0 Å². The second-order valence-electron chi connectivity index (χ2n) is 6.66. The van der Waals surface area contributed by atoms with E-state index in [4.69, 9.17) is 0 Å². The molecule has 1 N–H and O–H groups in total. The van der Waals surface area contributed by atoms with Crippen LogP contribution in [0.3, 0.4) is 0 Å². The van der Waals surface area contributed by atoms with Crippen molar-refractivity contribution >= 4 is 23.2 Å². The number of nitrogens with zero attached hydrogens (tertiary/aromatic N) is 2. The van der Waals surface area contributed by atoms with Crippen molar-refractivity contribution < 1.29 is 14.0 Å². The van der Waals surface area contributed by atoms with Crippen LogP contribution in [-0.4, -0.2) is 42.9 Å². The van der Waals surface area contributed by atoms with Crippen LogP contribution in [0.4, 0.5) is 15.8 Å². The molecule has 0 aromatic heterocycles. The molecule has 0 saturated carbocycles. The van der Waals surface area contributed by atoms with Crippen LogP contribution in [-0.2, 0) is 9.59 Å². The normalized spacial score (nSPS) is 19.7. The molecule has 0 aliphatic carbocycles. The zero-order valence-electron chi connectivity index (χ0n) is 14.3. The number of hydrogen-bond donors (Lipinski definition) is 1. The molecule has 26 heavy (non-hydrogen) atoms. The van der Waals surface area contributed by atoms with Crippen molar-refractivity contribution in [1.82, 2.24) is 4.90 Å². The van der Waals surface area contributed by atoms with Gasteiger partial charge in [0.05, 0.1) is 11.6 Å². The number of halogens is 1. The first-order valence-corrected chi connectivity index (χ1v) is 8.80. The molecule has 2 aromatic carbocycles. The van der Waals surface area contributed by atoms with Crippen molar-refractivity contribution in [3.8, 4) is 0 Å². The maximum atomic E-state index is 14.0. The van der Waals surface area contributed by atoms with Gasteiger partial charge in [-0.1, -0.05) is 30.3 Å². The van der Waals surface area contributed by atoms with E-state index in [1.54, 1.807) is 17.0 Å². The van der Waals surface area contributed by atoms with Gasteiger partial charge in [-0.05, 0) is 23.8 Å². The number of fused-ring (bicyclic) bond motifs is 1. The van der Waals surface area contributed by atoms with Gasteiger partial charge in [-0.2, -0.15) is 0 Å². The number of carbonyl (C=O) groups excluding carboxylic acids is 2. The smallest absolute Gasteiger partial charge is 0.230 e. The van der Waals surface area contributed by atoms with Crippen LogP contribution >= 0.6 is 0 Å². The molecule has 1 saturated heterocycles. The van der Waals surface area contributed by atoms with Crippen molar-refractivity contribution in [3.05, 3.63) is 59.9 Å². The Morgan fingerprint density at radius 3 is 2.46 bits per heavy atom. The number of hydrogen-bond acceptors (Lipinski definition) is 3. The minimum absolute atomic E-state index is 0.0273. The predicted molar refractivity (Wildman–Crippen MR) is 97.6 cm³/mol. The van der Waals surface area contributed by atoms with Crippen LogP contribution in [0, 0.1) is 5.82 Å². The van der Waals surface area contributed by atoms with Crippen LogP contribution < -0.4 is 10.2 Å². The van der Waals surface area contributed by atoms with Crippen molar-refractivity contribution in [2.45, 2.75) is 12.3 Å². The quantitative estimate of drug-likeness (QED) is 0.903. The third-order valence-electron chi connectivity index (χ3n) is 5.08. The maximum Gasteiger partial charge on any atom is 0.230 e. The fourth-order valence-electron chi connectivity index (χ4n) is 3.73. The summed E-state index contributed by atoms with van der Waals surface area (Å²) in [5.41, 5.74) is 2.16. The number of benzene rings is 2. The monoisotopic (exact) mass is 353 g/mol. The SMILES string of the molecule is O=C1CC(C(=O)N2CCN(c3ccccc3F)CC2)c2ccccc2N1. The summed E-state index contributed by atoms with van der Waals surface area (Å²) in [5, 5.41) is 2.82. The van der Waals surface area contributed by atoms with Crippen molar-refractivity contribution in [2.24, 2.45) is 0 Å². The first-order valence-electron chi connectivity index (χ1n) is 8.80. The highest BCUT2D eigenvalue weighted by Gasteiger charge is 2.34. The molecule has 2 aliphatic heterocycles. The van der Waals surface area contributed by atoms with Gasteiger partial charge in [-0.3, -0.25) is 9.59 Å². The van der Waals surface area contributed by atoms with Crippen LogP contribution in [0.15, 0.2) is 48.5 Å². The molecular formula is C20H20FN3O2. The Morgan fingerprint density at radius 1 is 1.00 bits per heavy atom. The van der Waals surface area contributed by atoms with Crippen molar-refractivity contribution in [3.63, 3.8) is 0 Å². The Morgan fingerprint density at radius 2 is 1.69 bits per heavy atom. The van der Waals surface area contributed by atoms with Crippen LogP contribution in [0.2, 0.25) is 0 Å². The Hall–Kier alpha value is -2.89. The van der Waals surface area contributed by atoms with Crippen LogP contribution in [0.25, 0.3) is 0 Å². The molecule has 0 spiro atoms. The summed E-state index contributed by atoms with van der Waals surface area (Å²) in [4.78, 5) is 28.7. The molecular weight excluding hydrogens is 333 g/mol. The minimum atomic E-state index is -0.444. The average molecular weight is 353 g/mol. The molecule has 2 aromatic rings. The van der Waals surface area contributed by atoms with E-state index < -0.39 is 5.92 Å². The van der Waals surface area contributed by atoms with E-state index in [0.29, 0.717) is 37.6 Å². The van der Waals surface area contributed by atoms with Gasteiger partial charge in [-0.15, -0.1) is 0 Å². The lowest BCUT2D eigenvalue weighted by Crippen LogP contribution is -2.51. The zero-order chi connectivity index (χ0) is 18.1. The van der Waals surface area contributed by atoms with E-state index in [9.17, 15) is 14.0 Å². The molecule has 1 unspecified atom stereocenters. The van der Waals surface area contributed by atoms with Gasteiger partial charge < -0.3 is 15.1 Å². The average Bonchev–Trinajstić information content (AvgIpc) is 2.67. The fraction of sp³-hybridized carbons (Fsp3) is 0.300. The summed E-state index contributed by atoms with van der Waals surface area (Å²) in [5.74, 6) is -0.849. The largest absolute Gasteiger partial charge is 0.366 e. The summed E-state index contributed by atoms with van der Waals surface area (Å²) in [6.45, 7) is 2.20. The molecule has 2 amide bonds. The number of carbonyl (C=O) groups is 2. The minimum Gasteiger partial charge on any atom is -0.366 e. The zero-order valence-corrected chi connectivity index (χ0v) is 14.3. The standard InChI is InChI=1S/C20H20FN3O2/c21-16-6-2-4-8-18(16)23-9-11-24(12-10-23)20(26)15-13-19(25)22-17-7-3-1-5-14(15)17/h1-8,15H,9-13H2,(H,22,25). The van der Waals surface area contributed by atoms with Gasteiger partial charge in [0.25, 0.3) is 0 Å². The van der Waals surface area contributed by atoms with E-state index in [0.717, 1.165) is 5.56 Å². The fourth-order valence-corrected chi connectivity index (χ4v) is 3.73. The summed E-state index contributed by atoms with van der Waals surface area (Å²) in [7, 11) is 0. The first-order chi connectivity index (χ1) is 12.6. The Balaban J connectivity index is 1.48. The predicted octanol–water partition coefficient (Wildman–Crippen LogP) is 2.60. The van der Waals surface area contributed by atoms with Gasteiger partial charge in [0, 0.05) is 38.3 Å². The lowest BCUT2D eigenvalue weighted by atomic mass is 9.89. The highest BCUT2D eigenvalue weighted by Crippen LogP contribution is 2.33. The van der Waals surface area contributed by atoms with Crippen molar-refractivity contribution in [2.75, 3.05) is 36.4 Å². The molecule has 134 valence electrons. The second kappa shape index (κ2) is 6.78. The van der Waals surface area contributed by atoms with Gasteiger partial charge in [-0.25, -0.2) is 4.39 Å². The first kappa shape index (κ1) is 16.6.